The first kappa shape index (κ1) is 17.5. The lowest BCUT2D eigenvalue weighted by Crippen LogP contribution is -2.18. The van der Waals surface area contributed by atoms with Gasteiger partial charge in [-0.1, -0.05) is 12.1 Å². The average molecular weight is 313 g/mol. The molecule has 120 valence electrons. The zero-order valence-electron chi connectivity index (χ0n) is 11.3. The molecule has 0 aliphatic heterocycles. The van der Waals surface area contributed by atoms with Crippen LogP contribution in [-0.2, 0) is 6.54 Å². The number of halogens is 5. The molecule has 1 rings (SSSR count). The zero-order chi connectivity index (χ0) is 15.9. The Balaban J connectivity index is 2.57. The number of ether oxygens (including phenoxy) is 2. The van der Waals surface area contributed by atoms with E-state index in [0.29, 0.717) is 5.56 Å². The molecule has 0 saturated heterocycles. The first-order valence-electron chi connectivity index (χ1n) is 6.21. The SMILES string of the molecule is COc1cccc(CNCCCC(F)(F)F)c1OC(F)F. The standard InChI is InChI=1S/C13H16F5NO2/c1-20-10-5-2-4-9(11(10)21-12(14)15)8-19-7-3-6-13(16,17)18/h2,4-5,12,19H,3,6-8H2,1H3. The lowest BCUT2D eigenvalue weighted by atomic mass is 10.2. The van der Waals surface area contributed by atoms with Gasteiger partial charge in [-0.2, -0.15) is 22.0 Å². The van der Waals surface area contributed by atoms with Gasteiger partial charge in [-0.25, -0.2) is 0 Å². The Hall–Kier alpha value is -1.57. The summed E-state index contributed by atoms with van der Waals surface area (Å²) >= 11 is 0. The van der Waals surface area contributed by atoms with Crippen molar-refractivity contribution in [2.24, 2.45) is 0 Å². The van der Waals surface area contributed by atoms with Gasteiger partial charge >= 0.3 is 12.8 Å². The lowest BCUT2D eigenvalue weighted by molar-refractivity contribution is -0.135. The highest BCUT2D eigenvalue weighted by Gasteiger charge is 2.25. The van der Waals surface area contributed by atoms with E-state index in [-0.39, 0.29) is 31.0 Å². The van der Waals surface area contributed by atoms with Gasteiger partial charge in [-0.05, 0) is 19.0 Å². The summed E-state index contributed by atoms with van der Waals surface area (Å²) in [6.07, 6.45) is -5.17. The number of hydrogen-bond donors (Lipinski definition) is 1. The smallest absolute Gasteiger partial charge is 0.389 e. The second-order valence-corrected chi connectivity index (χ2v) is 4.22. The minimum absolute atomic E-state index is 0.0848. The van der Waals surface area contributed by atoms with E-state index in [1.54, 1.807) is 6.07 Å². The van der Waals surface area contributed by atoms with Gasteiger partial charge in [0.1, 0.15) is 0 Å². The maximum absolute atomic E-state index is 12.4. The molecule has 8 heteroatoms. The number of nitrogens with one attached hydrogen (secondary N) is 1. The van der Waals surface area contributed by atoms with Crippen LogP contribution in [0, 0.1) is 0 Å². The first-order valence-corrected chi connectivity index (χ1v) is 6.21. The maximum atomic E-state index is 12.4. The summed E-state index contributed by atoms with van der Waals surface area (Å²) in [4.78, 5) is 0. The van der Waals surface area contributed by atoms with Crippen LogP contribution in [0.4, 0.5) is 22.0 Å². The molecule has 0 radical (unpaired) electrons. The molecule has 0 heterocycles. The van der Waals surface area contributed by atoms with Crippen molar-refractivity contribution in [1.82, 2.24) is 5.32 Å². The number of para-hydroxylation sites is 1. The third-order valence-electron chi connectivity index (χ3n) is 2.62. The Bertz CT molecular complexity index is 437. The van der Waals surface area contributed by atoms with Crippen molar-refractivity contribution in [2.75, 3.05) is 13.7 Å². The molecule has 0 aromatic heterocycles. The molecule has 1 N–H and O–H groups in total. The van der Waals surface area contributed by atoms with E-state index in [2.05, 4.69) is 10.1 Å². The largest absolute Gasteiger partial charge is 0.493 e. The van der Waals surface area contributed by atoms with Gasteiger partial charge in [-0.15, -0.1) is 0 Å². The van der Waals surface area contributed by atoms with Gasteiger partial charge in [0.15, 0.2) is 11.5 Å². The molecule has 0 amide bonds. The van der Waals surface area contributed by atoms with Crippen LogP contribution >= 0.6 is 0 Å². The van der Waals surface area contributed by atoms with Gasteiger partial charge in [0.2, 0.25) is 0 Å². The van der Waals surface area contributed by atoms with Gasteiger partial charge in [0, 0.05) is 18.5 Å². The normalized spacial score (nSPS) is 11.8. The fourth-order valence-electron chi connectivity index (χ4n) is 1.72. The van der Waals surface area contributed by atoms with Crippen molar-refractivity contribution in [3.8, 4) is 11.5 Å². The minimum atomic E-state index is -4.19. The van der Waals surface area contributed by atoms with E-state index in [4.69, 9.17) is 4.74 Å². The number of benzene rings is 1. The van der Waals surface area contributed by atoms with Gasteiger partial charge in [0.25, 0.3) is 0 Å². The van der Waals surface area contributed by atoms with E-state index in [9.17, 15) is 22.0 Å². The summed E-state index contributed by atoms with van der Waals surface area (Å²) in [5, 5.41) is 2.76. The van der Waals surface area contributed by atoms with Crippen molar-refractivity contribution in [3.05, 3.63) is 23.8 Å². The Morgan fingerprint density at radius 3 is 2.52 bits per heavy atom. The summed E-state index contributed by atoms with van der Waals surface area (Å²) in [7, 11) is 1.31. The predicted molar refractivity (Wildman–Crippen MR) is 66.6 cm³/mol. The highest BCUT2D eigenvalue weighted by Crippen LogP contribution is 2.32. The number of alkyl halides is 5. The summed E-state index contributed by atoms with van der Waals surface area (Å²) < 4.78 is 70.0. The molecule has 0 bridgehead atoms. The first-order chi connectivity index (χ1) is 9.83. The van der Waals surface area contributed by atoms with E-state index >= 15 is 0 Å². The van der Waals surface area contributed by atoms with Crippen LogP contribution in [0.2, 0.25) is 0 Å². The van der Waals surface area contributed by atoms with Crippen LogP contribution in [0.5, 0.6) is 11.5 Å². The Morgan fingerprint density at radius 1 is 1.24 bits per heavy atom. The van der Waals surface area contributed by atoms with Crippen molar-refractivity contribution in [2.45, 2.75) is 32.2 Å². The van der Waals surface area contributed by atoms with Gasteiger partial charge < -0.3 is 14.8 Å². The van der Waals surface area contributed by atoms with Crippen molar-refractivity contribution in [3.63, 3.8) is 0 Å². The highest BCUT2D eigenvalue weighted by atomic mass is 19.4. The summed E-state index contributed by atoms with van der Waals surface area (Å²) in [5.41, 5.74) is 0.390. The zero-order valence-corrected chi connectivity index (χ0v) is 11.3. The molecule has 0 aliphatic rings. The molecular weight excluding hydrogens is 297 g/mol. The van der Waals surface area contributed by atoms with E-state index in [1.807, 2.05) is 0 Å². The fraction of sp³-hybridized carbons (Fsp3) is 0.538. The average Bonchev–Trinajstić information content (AvgIpc) is 2.38. The predicted octanol–water partition coefficient (Wildman–Crippen LogP) is 3.73. The van der Waals surface area contributed by atoms with Crippen molar-refractivity contribution in [1.29, 1.82) is 0 Å². The topological polar surface area (TPSA) is 30.5 Å². The third kappa shape index (κ3) is 6.61. The van der Waals surface area contributed by atoms with Crippen LogP contribution in [0.1, 0.15) is 18.4 Å². The molecule has 0 atom stereocenters. The number of hydrogen-bond acceptors (Lipinski definition) is 3. The fourth-order valence-corrected chi connectivity index (χ4v) is 1.72. The Kier molecular flexibility index (Phi) is 6.67. The molecule has 0 aliphatic carbocycles. The number of methoxy groups -OCH3 is 1. The second-order valence-electron chi connectivity index (χ2n) is 4.22. The van der Waals surface area contributed by atoms with Crippen molar-refractivity contribution >= 4 is 0 Å². The van der Waals surface area contributed by atoms with Crippen molar-refractivity contribution < 1.29 is 31.4 Å². The molecule has 0 fully saturated rings. The van der Waals surface area contributed by atoms with Crippen LogP contribution in [0.15, 0.2) is 18.2 Å². The molecule has 3 nitrogen and oxygen atoms in total. The van der Waals surface area contributed by atoms with E-state index in [1.165, 1.54) is 19.2 Å². The monoisotopic (exact) mass is 313 g/mol. The van der Waals surface area contributed by atoms with E-state index in [0.717, 1.165) is 0 Å². The third-order valence-corrected chi connectivity index (χ3v) is 2.62. The van der Waals surface area contributed by atoms with Gasteiger partial charge in [-0.3, -0.25) is 0 Å². The van der Waals surface area contributed by atoms with Crippen LogP contribution < -0.4 is 14.8 Å². The molecular formula is C13H16F5NO2. The molecule has 0 spiro atoms. The lowest BCUT2D eigenvalue weighted by Gasteiger charge is -2.15. The molecule has 0 saturated carbocycles. The van der Waals surface area contributed by atoms with Gasteiger partial charge in [0.05, 0.1) is 7.11 Å². The highest BCUT2D eigenvalue weighted by molar-refractivity contribution is 5.46. The number of rotatable bonds is 8. The Labute approximate surface area is 119 Å². The molecule has 1 aromatic carbocycles. The molecule has 21 heavy (non-hydrogen) atoms. The summed E-state index contributed by atoms with van der Waals surface area (Å²) in [6.45, 7) is -2.78. The summed E-state index contributed by atoms with van der Waals surface area (Å²) in [5.74, 6) is 0.0308. The van der Waals surface area contributed by atoms with E-state index < -0.39 is 19.2 Å². The second kappa shape index (κ2) is 8.02. The minimum Gasteiger partial charge on any atom is -0.493 e. The van der Waals surface area contributed by atoms with Crippen LogP contribution in [-0.4, -0.2) is 26.4 Å². The van der Waals surface area contributed by atoms with Crippen LogP contribution in [0.25, 0.3) is 0 Å². The quantitative estimate of drug-likeness (QED) is 0.586. The summed E-state index contributed by atoms with van der Waals surface area (Å²) in [6, 6.07) is 4.59. The Morgan fingerprint density at radius 2 is 1.95 bits per heavy atom. The van der Waals surface area contributed by atoms with Crippen LogP contribution in [0.3, 0.4) is 0 Å². The molecule has 0 unspecified atom stereocenters. The maximum Gasteiger partial charge on any atom is 0.389 e. The molecule has 1 aromatic rings.